The van der Waals surface area contributed by atoms with Crippen LogP contribution in [0.15, 0.2) is 53.4 Å². The number of likely N-dealkylation sites (N-methyl/N-ethyl adjacent to an activating group) is 1. The Morgan fingerprint density at radius 1 is 1.03 bits per heavy atom. The zero-order chi connectivity index (χ0) is 22.4. The van der Waals surface area contributed by atoms with E-state index in [0.717, 1.165) is 25.7 Å². The highest BCUT2D eigenvalue weighted by Crippen LogP contribution is 2.21. The third-order valence-electron chi connectivity index (χ3n) is 5.14. The number of amides is 2. The lowest BCUT2D eigenvalue weighted by Gasteiger charge is -2.21. The number of carbonyl (C=O) groups is 2. The minimum atomic E-state index is -3.68. The van der Waals surface area contributed by atoms with Crippen molar-refractivity contribution >= 4 is 27.5 Å². The summed E-state index contributed by atoms with van der Waals surface area (Å²) < 4.78 is 40.4. The number of nitrogens with zero attached hydrogens (tertiary/aromatic N) is 2. The summed E-state index contributed by atoms with van der Waals surface area (Å²) >= 11 is 0. The second kappa shape index (κ2) is 10.0. The van der Waals surface area contributed by atoms with Gasteiger partial charge in [-0.1, -0.05) is 18.9 Å². The van der Waals surface area contributed by atoms with Crippen LogP contribution in [0.1, 0.15) is 36.0 Å². The molecule has 1 heterocycles. The highest BCUT2D eigenvalue weighted by atomic mass is 32.2. The molecule has 31 heavy (non-hydrogen) atoms. The monoisotopic (exact) mass is 447 g/mol. The van der Waals surface area contributed by atoms with Gasteiger partial charge in [0.2, 0.25) is 15.9 Å². The van der Waals surface area contributed by atoms with Crippen LogP contribution in [0, 0.1) is 5.82 Å². The minimum absolute atomic E-state index is 0.0735. The summed E-state index contributed by atoms with van der Waals surface area (Å²) in [4.78, 5) is 26.3. The lowest BCUT2D eigenvalue weighted by Crippen LogP contribution is -2.35. The molecule has 1 fully saturated rings. The smallest absolute Gasteiger partial charge is 0.254 e. The molecule has 0 bridgehead atoms. The fourth-order valence-electron chi connectivity index (χ4n) is 3.46. The molecule has 0 unspecified atom stereocenters. The first-order chi connectivity index (χ1) is 14.8. The van der Waals surface area contributed by atoms with E-state index in [2.05, 4.69) is 5.32 Å². The molecular formula is C22H26FN3O4S. The van der Waals surface area contributed by atoms with E-state index in [1.807, 2.05) is 0 Å². The predicted molar refractivity (Wildman–Crippen MR) is 116 cm³/mol. The van der Waals surface area contributed by atoms with Crippen LogP contribution < -0.4 is 5.32 Å². The normalized spacial score (nSPS) is 15.2. The molecule has 0 radical (unpaired) electrons. The van der Waals surface area contributed by atoms with Crippen molar-refractivity contribution in [3.8, 4) is 0 Å². The largest absolute Gasteiger partial charge is 0.332 e. The van der Waals surface area contributed by atoms with Crippen molar-refractivity contribution in [2.24, 2.45) is 0 Å². The zero-order valence-electron chi connectivity index (χ0n) is 17.4. The number of anilines is 1. The van der Waals surface area contributed by atoms with E-state index >= 15 is 0 Å². The Morgan fingerprint density at radius 3 is 2.32 bits per heavy atom. The highest BCUT2D eigenvalue weighted by molar-refractivity contribution is 7.89. The number of hydrogen-bond donors (Lipinski definition) is 1. The van der Waals surface area contributed by atoms with E-state index in [0.29, 0.717) is 18.8 Å². The van der Waals surface area contributed by atoms with Crippen molar-refractivity contribution in [3.05, 3.63) is 59.9 Å². The second-order valence-corrected chi connectivity index (χ2v) is 9.50. The molecular weight excluding hydrogens is 421 g/mol. The Morgan fingerprint density at radius 2 is 1.68 bits per heavy atom. The molecule has 1 saturated heterocycles. The average Bonchev–Trinajstić information content (AvgIpc) is 3.05. The molecule has 0 aliphatic carbocycles. The predicted octanol–water partition coefficient (Wildman–Crippen LogP) is 3.10. The fourth-order valence-corrected chi connectivity index (χ4v) is 5.03. The summed E-state index contributed by atoms with van der Waals surface area (Å²) in [7, 11) is -2.22. The average molecular weight is 448 g/mol. The van der Waals surface area contributed by atoms with E-state index in [-0.39, 0.29) is 17.0 Å². The van der Waals surface area contributed by atoms with Crippen molar-refractivity contribution in [1.29, 1.82) is 0 Å². The fraction of sp³-hybridized carbons (Fsp3) is 0.364. The van der Waals surface area contributed by atoms with Gasteiger partial charge in [-0.25, -0.2) is 12.8 Å². The number of halogens is 1. The molecule has 0 saturated carbocycles. The van der Waals surface area contributed by atoms with E-state index in [9.17, 15) is 22.4 Å². The summed E-state index contributed by atoms with van der Waals surface area (Å²) in [6, 6.07) is 11.2. The molecule has 1 aliphatic heterocycles. The van der Waals surface area contributed by atoms with Gasteiger partial charge in [-0.15, -0.1) is 0 Å². The maximum Gasteiger partial charge on any atom is 0.254 e. The number of rotatable bonds is 6. The summed E-state index contributed by atoms with van der Waals surface area (Å²) in [5.41, 5.74) is 0.603. The van der Waals surface area contributed by atoms with Gasteiger partial charge in [-0.3, -0.25) is 9.59 Å². The van der Waals surface area contributed by atoms with Crippen LogP contribution in [0.4, 0.5) is 10.1 Å². The molecule has 0 spiro atoms. The summed E-state index contributed by atoms with van der Waals surface area (Å²) in [5.74, 6) is -1.33. The van der Waals surface area contributed by atoms with Crippen LogP contribution in [0.25, 0.3) is 0 Å². The standard InChI is InChI=1S/C22H26FN3O4S/c1-25(16-21(27)24-19-11-9-18(23)10-12-19)22(28)17-7-6-8-20(15-17)31(29,30)26-13-4-2-3-5-14-26/h6-12,15H,2-5,13-14,16H2,1H3,(H,24,27). The SMILES string of the molecule is CN(CC(=O)Nc1ccc(F)cc1)C(=O)c1cccc(S(=O)(=O)N2CCCCCC2)c1. The van der Waals surface area contributed by atoms with Gasteiger partial charge in [-0.05, 0) is 55.3 Å². The van der Waals surface area contributed by atoms with Crippen LogP contribution >= 0.6 is 0 Å². The van der Waals surface area contributed by atoms with Crippen LogP contribution in [0.3, 0.4) is 0 Å². The Kier molecular flexibility index (Phi) is 7.40. The van der Waals surface area contributed by atoms with E-state index in [4.69, 9.17) is 0 Å². The van der Waals surface area contributed by atoms with Crippen molar-refractivity contribution in [1.82, 2.24) is 9.21 Å². The number of nitrogens with one attached hydrogen (secondary N) is 1. The molecule has 0 atom stereocenters. The minimum Gasteiger partial charge on any atom is -0.332 e. The van der Waals surface area contributed by atoms with Gasteiger partial charge in [-0.2, -0.15) is 4.31 Å². The molecule has 2 aromatic carbocycles. The first-order valence-electron chi connectivity index (χ1n) is 10.2. The molecule has 1 N–H and O–H groups in total. The number of benzene rings is 2. The summed E-state index contributed by atoms with van der Waals surface area (Å²) in [6.07, 6.45) is 3.66. The lowest BCUT2D eigenvalue weighted by atomic mass is 10.2. The molecule has 166 valence electrons. The van der Waals surface area contributed by atoms with Gasteiger partial charge in [0, 0.05) is 31.4 Å². The number of hydrogen-bond acceptors (Lipinski definition) is 4. The molecule has 0 aromatic heterocycles. The Hall–Kier alpha value is -2.78. The van der Waals surface area contributed by atoms with Crippen molar-refractivity contribution in [2.75, 3.05) is 32.0 Å². The molecule has 9 heteroatoms. The Bertz CT molecular complexity index is 1030. The van der Waals surface area contributed by atoms with Crippen molar-refractivity contribution < 1.29 is 22.4 Å². The van der Waals surface area contributed by atoms with E-state index in [1.54, 1.807) is 0 Å². The van der Waals surface area contributed by atoms with Gasteiger partial charge in [0.25, 0.3) is 5.91 Å². The van der Waals surface area contributed by atoms with Crippen LogP contribution in [-0.4, -0.2) is 56.1 Å². The maximum absolute atomic E-state index is 13.0. The third kappa shape index (κ3) is 5.89. The molecule has 2 aromatic rings. The van der Waals surface area contributed by atoms with Gasteiger partial charge in [0.15, 0.2) is 0 Å². The number of carbonyl (C=O) groups excluding carboxylic acids is 2. The molecule has 2 amide bonds. The van der Waals surface area contributed by atoms with Crippen LogP contribution in [0.5, 0.6) is 0 Å². The lowest BCUT2D eigenvalue weighted by molar-refractivity contribution is -0.116. The van der Waals surface area contributed by atoms with Crippen LogP contribution in [0.2, 0.25) is 0 Å². The summed E-state index contributed by atoms with van der Waals surface area (Å²) in [6.45, 7) is 0.716. The first-order valence-corrected chi connectivity index (χ1v) is 11.6. The Labute approximate surface area is 181 Å². The van der Waals surface area contributed by atoms with Crippen LogP contribution in [-0.2, 0) is 14.8 Å². The highest BCUT2D eigenvalue weighted by Gasteiger charge is 2.26. The van der Waals surface area contributed by atoms with Crippen molar-refractivity contribution in [2.45, 2.75) is 30.6 Å². The molecule has 7 nitrogen and oxygen atoms in total. The van der Waals surface area contributed by atoms with Crippen molar-refractivity contribution in [3.63, 3.8) is 0 Å². The molecule has 1 aliphatic rings. The van der Waals surface area contributed by atoms with E-state index < -0.39 is 27.7 Å². The maximum atomic E-state index is 13.0. The third-order valence-corrected chi connectivity index (χ3v) is 7.03. The van der Waals surface area contributed by atoms with E-state index in [1.165, 1.54) is 64.8 Å². The zero-order valence-corrected chi connectivity index (χ0v) is 18.2. The van der Waals surface area contributed by atoms with Gasteiger partial charge in [0.1, 0.15) is 5.82 Å². The topological polar surface area (TPSA) is 86.8 Å². The molecule has 3 rings (SSSR count). The second-order valence-electron chi connectivity index (χ2n) is 7.56. The first kappa shape index (κ1) is 22.9. The Balaban J connectivity index is 1.68. The van der Waals surface area contributed by atoms with Gasteiger partial charge in [0.05, 0.1) is 11.4 Å². The quantitative estimate of drug-likeness (QED) is 0.737. The summed E-state index contributed by atoms with van der Waals surface area (Å²) in [5, 5.41) is 2.59. The number of sulfonamides is 1. The van der Waals surface area contributed by atoms with Gasteiger partial charge < -0.3 is 10.2 Å². The van der Waals surface area contributed by atoms with Gasteiger partial charge >= 0.3 is 0 Å².